The maximum absolute atomic E-state index is 11.6. The van der Waals surface area contributed by atoms with Gasteiger partial charge in [0.15, 0.2) is 0 Å². The highest BCUT2D eigenvalue weighted by Gasteiger charge is 2.11. The van der Waals surface area contributed by atoms with Crippen molar-refractivity contribution in [1.82, 2.24) is 10.6 Å². The van der Waals surface area contributed by atoms with E-state index in [0.29, 0.717) is 25.3 Å². The highest BCUT2D eigenvalue weighted by molar-refractivity contribution is 5.74. The molecule has 0 aromatic heterocycles. The van der Waals surface area contributed by atoms with Crippen molar-refractivity contribution >= 4 is 12.0 Å². The Morgan fingerprint density at radius 2 is 1.84 bits per heavy atom. The van der Waals surface area contributed by atoms with Crippen LogP contribution in [-0.2, 0) is 4.79 Å². The summed E-state index contributed by atoms with van der Waals surface area (Å²) in [6, 6.07) is -0.00771. The Morgan fingerprint density at radius 1 is 1.21 bits per heavy atom. The number of carbonyl (C=O) groups excluding carboxylic acids is 1. The van der Waals surface area contributed by atoms with Crippen LogP contribution in [0.2, 0.25) is 0 Å². The number of amides is 2. The fourth-order valence-electron chi connectivity index (χ4n) is 1.84. The molecule has 3 N–H and O–H groups in total. The van der Waals surface area contributed by atoms with Gasteiger partial charge in [0.05, 0.1) is 5.92 Å². The molecule has 0 aromatic carbocycles. The van der Waals surface area contributed by atoms with E-state index < -0.39 is 5.97 Å². The Hall–Kier alpha value is -1.26. The minimum absolute atomic E-state index is 0.160. The van der Waals surface area contributed by atoms with Crippen LogP contribution in [0.25, 0.3) is 0 Å². The zero-order chi connectivity index (χ0) is 14.8. The van der Waals surface area contributed by atoms with E-state index in [1.807, 2.05) is 6.92 Å². The predicted octanol–water partition coefficient (Wildman–Crippen LogP) is 2.61. The first-order valence-corrected chi connectivity index (χ1v) is 7.13. The molecular formula is C14H28N2O3. The Labute approximate surface area is 116 Å². The van der Waals surface area contributed by atoms with E-state index in [9.17, 15) is 9.59 Å². The number of aliphatic carboxylic acids is 1. The largest absolute Gasteiger partial charge is 0.481 e. The minimum atomic E-state index is -0.786. The van der Waals surface area contributed by atoms with Crippen LogP contribution in [0.1, 0.15) is 53.4 Å². The van der Waals surface area contributed by atoms with Crippen molar-refractivity contribution in [2.75, 3.05) is 6.54 Å². The van der Waals surface area contributed by atoms with Crippen molar-refractivity contribution in [1.29, 1.82) is 0 Å². The molecule has 0 fully saturated rings. The van der Waals surface area contributed by atoms with Crippen molar-refractivity contribution < 1.29 is 14.7 Å². The van der Waals surface area contributed by atoms with Gasteiger partial charge in [-0.25, -0.2) is 4.79 Å². The molecule has 3 atom stereocenters. The quantitative estimate of drug-likeness (QED) is 0.564. The van der Waals surface area contributed by atoms with Gasteiger partial charge in [-0.15, -0.1) is 0 Å². The maximum atomic E-state index is 11.6. The zero-order valence-electron chi connectivity index (χ0n) is 12.5. The van der Waals surface area contributed by atoms with Crippen molar-refractivity contribution in [3.05, 3.63) is 0 Å². The van der Waals surface area contributed by atoms with Gasteiger partial charge in [-0.2, -0.15) is 0 Å². The molecule has 0 radical (unpaired) electrons. The van der Waals surface area contributed by atoms with Gasteiger partial charge in [-0.1, -0.05) is 27.2 Å². The average molecular weight is 272 g/mol. The first-order chi connectivity index (χ1) is 8.86. The van der Waals surface area contributed by atoms with Crippen molar-refractivity contribution in [2.24, 2.45) is 11.8 Å². The molecule has 5 heteroatoms. The number of hydrogen-bond acceptors (Lipinski definition) is 2. The van der Waals surface area contributed by atoms with Crippen LogP contribution in [0.4, 0.5) is 4.79 Å². The smallest absolute Gasteiger partial charge is 0.314 e. The number of hydrogen-bond donors (Lipinski definition) is 3. The molecule has 0 aliphatic rings. The van der Waals surface area contributed by atoms with Crippen LogP contribution in [0.3, 0.4) is 0 Å². The van der Waals surface area contributed by atoms with Gasteiger partial charge in [0.25, 0.3) is 0 Å². The maximum Gasteiger partial charge on any atom is 0.314 e. The molecule has 19 heavy (non-hydrogen) atoms. The molecule has 3 unspecified atom stereocenters. The highest BCUT2D eigenvalue weighted by atomic mass is 16.4. The highest BCUT2D eigenvalue weighted by Crippen LogP contribution is 2.09. The van der Waals surface area contributed by atoms with Crippen LogP contribution in [0.15, 0.2) is 0 Å². The second kappa shape index (κ2) is 9.64. The molecule has 0 bridgehead atoms. The second-order valence-corrected chi connectivity index (χ2v) is 5.43. The molecule has 2 amide bonds. The van der Waals surface area contributed by atoms with Crippen molar-refractivity contribution in [2.45, 2.75) is 59.4 Å². The molecule has 0 spiro atoms. The zero-order valence-corrected chi connectivity index (χ0v) is 12.5. The lowest BCUT2D eigenvalue weighted by molar-refractivity contribution is -0.141. The number of carboxylic acids is 1. The summed E-state index contributed by atoms with van der Waals surface area (Å²) in [6.07, 6.45) is 3.35. The lowest BCUT2D eigenvalue weighted by atomic mass is 10.0. The molecule has 0 aliphatic carbocycles. The van der Waals surface area contributed by atoms with E-state index in [0.717, 1.165) is 12.8 Å². The van der Waals surface area contributed by atoms with Gasteiger partial charge >= 0.3 is 12.0 Å². The summed E-state index contributed by atoms with van der Waals surface area (Å²) in [7, 11) is 0. The van der Waals surface area contributed by atoms with Crippen LogP contribution < -0.4 is 10.6 Å². The summed E-state index contributed by atoms with van der Waals surface area (Å²) in [5, 5.41) is 14.4. The number of nitrogens with one attached hydrogen (secondary N) is 2. The molecule has 0 saturated heterocycles. The van der Waals surface area contributed by atoms with Crippen molar-refractivity contribution in [3.63, 3.8) is 0 Å². The standard InChI is InChI=1S/C14H28N2O3/c1-5-10(2)9-12(4)16-14(19)15-8-6-7-11(3)13(17)18/h10-12H,5-9H2,1-4H3,(H,17,18)(H2,15,16,19). The normalized spacial score (nSPS) is 15.4. The van der Waals surface area contributed by atoms with E-state index in [1.54, 1.807) is 6.92 Å². The summed E-state index contributed by atoms with van der Waals surface area (Å²) in [5.41, 5.74) is 0. The topological polar surface area (TPSA) is 78.4 Å². The van der Waals surface area contributed by atoms with Crippen LogP contribution in [-0.4, -0.2) is 29.7 Å². The first-order valence-electron chi connectivity index (χ1n) is 7.13. The third-order valence-corrected chi connectivity index (χ3v) is 3.35. The molecule has 0 heterocycles. The van der Waals surface area contributed by atoms with Gasteiger partial charge in [0.1, 0.15) is 0 Å². The van der Waals surface area contributed by atoms with Gasteiger partial charge in [0.2, 0.25) is 0 Å². The van der Waals surface area contributed by atoms with E-state index in [1.165, 1.54) is 0 Å². The number of urea groups is 1. The van der Waals surface area contributed by atoms with Crippen LogP contribution >= 0.6 is 0 Å². The van der Waals surface area contributed by atoms with E-state index in [4.69, 9.17) is 5.11 Å². The second-order valence-electron chi connectivity index (χ2n) is 5.43. The third kappa shape index (κ3) is 9.33. The Morgan fingerprint density at radius 3 is 2.37 bits per heavy atom. The SMILES string of the molecule is CCC(C)CC(C)NC(=O)NCCCC(C)C(=O)O. The molecular weight excluding hydrogens is 244 g/mol. The molecule has 0 aliphatic heterocycles. The predicted molar refractivity (Wildman–Crippen MR) is 76.1 cm³/mol. The molecule has 0 aromatic rings. The lowest BCUT2D eigenvalue weighted by Crippen LogP contribution is -2.41. The van der Waals surface area contributed by atoms with Crippen LogP contribution in [0.5, 0.6) is 0 Å². The lowest BCUT2D eigenvalue weighted by Gasteiger charge is -2.18. The van der Waals surface area contributed by atoms with Gasteiger partial charge in [0, 0.05) is 12.6 Å². The molecule has 0 saturated carbocycles. The average Bonchev–Trinajstić information content (AvgIpc) is 2.33. The monoisotopic (exact) mass is 272 g/mol. The number of carboxylic acid groups (broad SMARTS) is 1. The Balaban J connectivity index is 3.67. The van der Waals surface area contributed by atoms with Gasteiger partial charge in [-0.05, 0) is 32.1 Å². The summed E-state index contributed by atoms with van der Waals surface area (Å²) >= 11 is 0. The fourth-order valence-corrected chi connectivity index (χ4v) is 1.84. The first kappa shape index (κ1) is 17.7. The number of carbonyl (C=O) groups is 2. The summed E-state index contributed by atoms with van der Waals surface area (Å²) in [6.45, 7) is 8.50. The third-order valence-electron chi connectivity index (χ3n) is 3.35. The molecule has 112 valence electrons. The summed E-state index contributed by atoms with van der Waals surface area (Å²) in [5.74, 6) is -0.535. The fraction of sp³-hybridized carbons (Fsp3) is 0.857. The van der Waals surface area contributed by atoms with E-state index >= 15 is 0 Å². The molecule has 0 rings (SSSR count). The summed E-state index contributed by atoms with van der Waals surface area (Å²) in [4.78, 5) is 22.2. The minimum Gasteiger partial charge on any atom is -0.481 e. The van der Waals surface area contributed by atoms with Crippen LogP contribution in [0, 0.1) is 11.8 Å². The van der Waals surface area contributed by atoms with Crippen molar-refractivity contribution in [3.8, 4) is 0 Å². The molecule has 5 nitrogen and oxygen atoms in total. The van der Waals surface area contributed by atoms with E-state index in [2.05, 4.69) is 24.5 Å². The summed E-state index contributed by atoms with van der Waals surface area (Å²) < 4.78 is 0. The Bertz CT molecular complexity index is 282. The number of rotatable bonds is 9. The van der Waals surface area contributed by atoms with Gasteiger partial charge in [-0.3, -0.25) is 4.79 Å². The Kier molecular flexibility index (Phi) is 9.00. The van der Waals surface area contributed by atoms with Gasteiger partial charge < -0.3 is 15.7 Å². The van der Waals surface area contributed by atoms with E-state index in [-0.39, 0.29) is 18.0 Å².